The molecule has 2 fully saturated rings. The van der Waals surface area contributed by atoms with E-state index < -0.39 is 0 Å². The minimum absolute atomic E-state index is 0.0205. The fourth-order valence-corrected chi connectivity index (χ4v) is 3.91. The first-order chi connectivity index (χ1) is 16.2. The number of hydrogen-bond acceptors (Lipinski definition) is 8. The molecule has 2 aliphatic rings. The van der Waals surface area contributed by atoms with Gasteiger partial charge in [-0.1, -0.05) is 0 Å². The molecule has 2 aliphatic heterocycles. The number of ether oxygens (including phenoxy) is 2. The van der Waals surface area contributed by atoms with Gasteiger partial charge in [-0.05, 0) is 48.5 Å². The van der Waals surface area contributed by atoms with Crippen molar-refractivity contribution >= 4 is 29.4 Å². The Balaban J connectivity index is 1.25. The lowest BCUT2D eigenvalue weighted by atomic mass is 10.1. The molecule has 9 nitrogen and oxygen atoms in total. The van der Waals surface area contributed by atoms with E-state index in [4.69, 9.17) is 15.2 Å². The Morgan fingerprint density at radius 3 is 2.61 bits per heavy atom. The van der Waals surface area contributed by atoms with E-state index in [9.17, 15) is 4.79 Å². The maximum absolute atomic E-state index is 10.7. The molecule has 3 N–H and O–H groups in total. The molecule has 2 saturated heterocycles. The molecule has 9 heteroatoms. The van der Waals surface area contributed by atoms with Crippen LogP contribution in [0.15, 0.2) is 54.7 Å². The highest BCUT2D eigenvalue weighted by molar-refractivity contribution is 5.69. The number of nitrogen functional groups attached to an aromatic ring is 1. The lowest BCUT2D eigenvalue weighted by Crippen LogP contribution is -2.52. The van der Waals surface area contributed by atoms with E-state index in [0.717, 1.165) is 49.7 Å². The maximum Gasteiger partial charge on any atom is 0.227 e. The van der Waals surface area contributed by atoms with Crippen LogP contribution in [0.25, 0.3) is 11.3 Å². The summed E-state index contributed by atoms with van der Waals surface area (Å²) in [5.74, 6) is 1.12. The molecule has 170 valence electrons. The number of nitrogens with two attached hydrogens (primary N) is 1. The molecule has 0 aliphatic carbocycles. The van der Waals surface area contributed by atoms with Crippen LogP contribution in [0.2, 0.25) is 0 Å². The Kier molecular flexibility index (Phi) is 5.95. The quantitative estimate of drug-likeness (QED) is 0.421. The summed E-state index contributed by atoms with van der Waals surface area (Å²) in [6.07, 6.45) is 2.52. The van der Waals surface area contributed by atoms with Crippen molar-refractivity contribution < 1.29 is 14.3 Å². The molecule has 2 aromatic carbocycles. The van der Waals surface area contributed by atoms with E-state index in [0.29, 0.717) is 30.5 Å². The van der Waals surface area contributed by atoms with Crippen molar-refractivity contribution in [2.75, 3.05) is 55.3 Å². The van der Waals surface area contributed by atoms with Gasteiger partial charge in [-0.15, -0.1) is 0 Å². The summed E-state index contributed by atoms with van der Waals surface area (Å²) in [6.45, 7) is 4.50. The molecule has 1 amide bonds. The van der Waals surface area contributed by atoms with E-state index in [1.54, 1.807) is 11.1 Å². The van der Waals surface area contributed by atoms with Crippen molar-refractivity contribution in [1.29, 1.82) is 0 Å². The highest BCUT2D eigenvalue weighted by atomic mass is 16.5. The standard InChI is InChI=1S/C24H26N6O3/c25-21-13-17(1-6-23(21)33-20-14-29(15-20)16-31)22-7-8-26-24(28-22)27-18-2-4-19(5-3-18)30-9-11-32-12-10-30/h1-8,13,16,20H,9-12,14-15,25H2,(H,26,27,28). The molecule has 33 heavy (non-hydrogen) atoms. The van der Waals surface area contributed by atoms with Crippen LogP contribution in [-0.2, 0) is 9.53 Å². The van der Waals surface area contributed by atoms with Gasteiger partial charge in [0.2, 0.25) is 12.4 Å². The summed E-state index contributed by atoms with van der Waals surface area (Å²) in [4.78, 5) is 23.7. The first-order valence-corrected chi connectivity index (χ1v) is 11.0. The summed E-state index contributed by atoms with van der Waals surface area (Å²) in [7, 11) is 0. The van der Waals surface area contributed by atoms with Gasteiger partial charge >= 0.3 is 0 Å². The number of nitrogens with zero attached hydrogens (tertiary/aromatic N) is 4. The van der Waals surface area contributed by atoms with E-state index in [1.807, 2.05) is 36.4 Å². The number of aromatic nitrogens is 2. The van der Waals surface area contributed by atoms with E-state index in [2.05, 4.69) is 32.3 Å². The molecule has 1 aromatic heterocycles. The molecule has 3 heterocycles. The van der Waals surface area contributed by atoms with Gasteiger partial charge in [-0.2, -0.15) is 0 Å². The van der Waals surface area contributed by atoms with Crippen LogP contribution in [0.1, 0.15) is 0 Å². The van der Waals surface area contributed by atoms with Gasteiger partial charge in [0.1, 0.15) is 11.9 Å². The molecule has 0 atom stereocenters. The summed E-state index contributed by atoms with van der Waals surface area (Å²) in [5, 5.41) is 3.27. The van der Waals surface area contributed by atoms with Crippen molar-refractivity contribution in [3.8, 4) is 17.0 Å². The lowest BCUT2D eigenvalue weighted by Gasteiger charge is -2.36. The minimum Gasteiger partial charge on any atom is -0.485 e. The molecule has 0 saturated carbocycles. The Hall–Kier alpha value is -3.85. The highest BCUT2D eigenvalue weighted by Gasteiger charge is 2.27. The summed E-state index contributed by atoms with van der Waals surface area (Å²) in [6, 6.07) is 15.7. The fraction of sp³-hybridized carbons (Fsp3) is 0.292. The van der Waals surface area contributed by atoms with Crippen LogP contribution in [0, 0.1) is 0 Å². The fourth-order valence-electron chi connectivity index (χ4n) is 3.91. The normalized spacial score (nSPS) is 16.2. The topological polar surface area (TPSA) is 106 Å². The van der Waals surface area contributed by atoms with Crippen molar-refractivity contribution in [2.24, 2.45) is 0 Å². The molecule has 0 unspecified atom stereocenters. The Morgan fingerprint density at radius 2 is 1.88 bits per heavy atom. The van der Waals surface area contributed by atoms with Crippen LogP contribution in [-0.4, -0.2) is 66.8 Å². The first-order valence-electron chi connectivity index (χ1n) is 11.0. The highest BCUT2D eigenvalue weighted by Crippen LogP contribution is 2.30. The third kappa shape index (κ3) is 4.83. The van der Waals surface area contributed by atoms with Crippen molar-refractivity contribution in [1.82, 2.24) is 14.9 Å². The molecule has 0 bridgehead atoms. The molecule has 0 radical (unpaired) electrons. The molecular weight excluding hydrogens is 420 g/mol. The number of amides is 1. The second-order valence-electron chi connectivity index (χ2n) is 8.09. The van der Waals surface area contributed by atoms with Crippen LogP contribution in [0.5, 0.6) is 5.75 Å². The minimum atomic E-state index is -0.0205. The van der Waals surface area contributed by atoms with Crippen molar-refractivity contribution in [3.05, 3.63) is 54.7 Å². The summed E-state index contributed by atoms with van der Waals surface area (Å²) in [5.41, 5.74) is 10.5. The average molecular weight is 447 g/mol. The second-order valence-corrected chi connectivity index (χ2v) is 8.09. The molecule has 0 spiro atoms. The van der Waals surface area contributed by atoms with Crippen LogP contribution in [0.4, 0.5) is 23.0 Å². The number of anilines is 4. The number of likely N-dealkylation sites (tertiary alicyclic amines) is 1. The van der Waals surface area contributed by atoms with E-state index in [1.165, 1.54) is 5.69 Å². The maximum atomic E-state index is 10.7. The van der Waals surface area contributed by atoms with Gasteiger partial charge in [0, 0.05) is 36.2 Å². The zero-order chi connectivity index (χ0) is 22.6. The zero-order valence-corrected chi connectivity index (χ0v) is 18.2. The second kappa shape index (κ2) is 9.33. The zero-order valence-electron chi connectivity index (χ0n) is 18.2. The van der Waals surface area contributed by atoms with Gasteiger partial charge in [0.15, 0.2) is 0 Å². The van der Waals surface area contributed by atoms with Crippen molar-refractivity contribution in [2.45, 2.75) is 6.10 Å². The lowest BCUT2D eigenvalue weighted by molar-refractivity contribution is -0.126. The third-order valence-electron chi connectivity index (χ3n) is 5.78. The summed E-state index contributed by atoms with van der Waals surface area (Å²) < 4.78 is 11.3. The summed E-state index contributed by atoms with van der Waals surface area (Å²) >= 11 is 0. The number of hydrogen-bond donors (Lipinski definition) is 2. The first kappa shape index (κ1) is 21.0. The van der Waals surface area contributed by atoms with Gasteiger partial charge in [-0.3, -0.25) is 4.79 Å². The van der Waals surface area contributed by atoms with Crippen LogP contribution < -0.4 is 20.7 Å². The number of nitrogens with one attached hydrogen (secondary N) is 1. The Bertz CT molecular complexity index is 1110. The van der Waals surface area contributed by atoms with E-state index >= 15 is 0 Å². The number of benzene rings is 2. The van der Waals surface area contributed by atoms with Gasteiger partial charge in [0.05, 0.1) is 37.7 Å². The number of carbonyl (C=O) groups is 1. The number of carbonyl (C=O) groups excluding carboxylic acids is 1. The van der Waals surface area contributed by atoms with Gasteiger partial charge < -0.3 is 30.3 Å². The molecule has 5 rings (SSSR count). The monoisotopic (exact) mass is 446 g/mol. The molecular formula is C24H26N6O3. The average Bonchev–Trinajstić information content (AvgIpc) is 2.83. The molecule has 3 aromatic rings. The largest absolute Gasteiger partial charge is 0.485 e. The third-order valence-corrected chi connectivity index (χ3v) is 5.78. The van der Waals surface area contributed by atoms with Crippen LogP contribution in [0.3, 0.4) is 0 Å². The van der Waals surface area contributed by atoms with Gasteiger partial charge in [0.25, 0.3) is 0 Å². The van der Waals surface area contributed by atoms with E-state index in [-0.39, 0.29) is 6.10 Å². The van der Waals surface area contributed by atoms with Gasteiger partial charge in [-0.25, -0.2) is 9.97 Å². The number of morpholine rings is 1. The predicted octanol–water partition coefficient (Wildman–Crippen LogP) is 2.53. The Morgan fingerprint density at radius 1 is 1.09 bits per heavy atom. The Labute approximate surface area is 192 Å². The van der Waals surface area contributed by atoms with Crippen LogP contribution >= 0.6 is 0 Å². The number of rotatable bonds is 7. The SMILES string of the molecule is Nc1cc(-c2ccnc(Nc3ccc(N4CCOCC4)cc3)n2)ccc1OC1CN(C=O)C1. The predicted molar refractivity (Wildman–Crippen MR) is 127 cm³/mol. The smallest absolute Gasteiger partial charge is 0.227 e. The van der Waals surface area contributed by atoms with Crippen molar-refractivity contribution in [3.63, 3.8) is 0 Å².